The van der Waals surface area contributed by atoms with Crippen molar-refractivity contribution >= 4 is 34.6 Å². The lowest BCUT2D eigenvalue weighted by Crippen LogP contribution is -2.36. The molecule has 0 saturated carbocycles. The van der Waals surface area contributed by atoms with Gasteiger partial charge in [-0.05, 0) is 91.3 Å². The van der Waals surface area contributed by atoms with Gasteiger partial charge in [-0.15, -0.1) is 18.3 Å². The molecule has 2 aliphatic rings. The summed E-state index contributed by atoms with van der Waals surface area (Å²) in [4.78, 5) is 36.7. The van der Waals surface area contributed by atoms with E-state index in [4.69, 9.17) is 0 Å². The molecule has 2 heterocycles. The fourth-order valence-electron chi connectivity index (χ4n) is 5.64. The highest BCUT2D eigenvalue weighted by atomic mass is 32.2. The Morgan fingerprint density at radius 2 is 1.80 bits per heavy atom. The minimum absolute atomic E-state index is 0.103. The quantitative estimate of drug-likeness (QED) is 0.243. The first kappa shape index (κ1) is 31.3. The topological polar surface area (TPSA) is 102 Å². The number of nitrogens with one attached hydrogen (secondary N) is 1. The first-order valence-corrected chi connectivity index (χ1v) is 15.6. The van der Waals surface area contributed by atoms with Gasteiger partial charge in [-0.25, -0.2) is 14.5 Å². The number of fused-ring (bicyclic) bond motifs is 1. The molecule has 0 radical (unpaired) electrons. The van der Waals surface area contributed by atoms with Crippen molar-refractivity contribution in [1.29, 1.82) is 0 Å². The summed E-state index contributed by atoms with van der Waals surface area (Å²) in [5, 5.41) is 7.51. The van der Waals surface area contributed by atoms with Gasteiger partial charge in [0, 0.05) is 11.6 Å². The molecule has 1 aromatic heterocycles. The molecule has 0 bridgehead atoms. The van der Waals surface area contributed by atoms with Gasteiger partial charge in [0.25, 0.3) is 0 Å². The van der Waals surface area contributed by atoms with Gasteiger partial charge in [0.2, 0.25) is 5.91 Å². The summed E-state index contributed by atoms with van der Waals surface area (Å²) in [5.41, 5.74) is 6.21. The summed E-state index contributed by atoms with van der Waals surface area (Å²) >= 11 is 1.28. The third kappa shape index (κ3) is 6.64. The van der Waals surface area contributed by atoms with Crippen LogP contribution in [0.25, 0.3) is 17.1 Å². The predicted molar refractivity (Wildman–Crippen MR) is 170 cm³/mol. The Balaban J connectivity index is 1.14. The summed E-state index contributed by atoms with van der Waals surface area (Å²) < 4.78 is 42.8. The molecule has 13 heteroatoms. The van der Waals surface area contributed by atoms with Crippen LogP contribution in [0.4, 0.5) is 23.7 Å². The van der Waals surface area contributed by atoms with Gasteiger partial charge in [0.15, 0.2) is 11.0 Å². The highest BCUT2D eigenvalue weighted by Crippen LogP contribution is 2.37. The van der Waals surface area contributed by atoms with E-state index < -0.39 is 12.4 Å². The fraction of sp³-hybridized carbons (Fsp3) is 0.303. The largest absolute Gasteiger partial charge is 0.573 e. The standard InChI is InChI=1S/C33H31F3N6O3S/c1-18(2)27-12-5-19(3)13-28(27)42-30(43)20(4)46-32(42)39-31(44)38-24-15-21-6-7-22(14-23(21)16-24)29-37-17-41(40-29)25-8-10-26(11-9-25)45-33(34,35)36/h5-14,17-18,20,24H,15-16H2,1-4H3,(H,38,44)/b39-32-. The van der Waals surface area contributed by atoms with Crippen LogP contribution in [0.1, 0.15) is 48.9 Å². The molecule has 1 saturated heterocycles. The lowest BCUT2D eigenvalue weighted by Gasteiger charge is -2.22. The van der Waals surface area contributed by atoms with Crippen LogP contribution in [-0.2, 0) is 17.6 Å². The van der Waals surface area contributed by atoms with E-state index in [0.29, 0.717) is 29.5 Å². The van der Waals surface area contributed by atoms with Crippen molar-refractivity contribution in [3.05, 3.63) is 89.2 Å². The van der Waals surface area contributed by atoms with E-state index in [0.717, 1.165) is 33.5 Å². The third-order valence-corrected chi connectivity index (χ3v) is 8.88. The Kier molecular flexibility index (Phi) is 8.36. The number of amides is 3. The third-order valence-electron chi connectivity index (χ3n) is 7.84. The van der Waals surface area contributed by atoms with Crippen molar-refractivity contribution in [2.24, 2.45) is 4.99 Å². The van der Waals surface area contributed by atoms with E-state index in [2.05, 4.69) is 39.0 Å². The Morgan fingerprint density at radius 1 is 1.07 bits per heavy atom. The molecule has 9 nitrogen and oxygen atoms in total. The number of urea groups is 1. The number of ether oxygens (including phenoxy) is 1. The van der Waals surface area contributed by atoms with Crippen LogP contribution >= 0.6 is 11.8 Å². The molecule has 238 valence electrons. The number of carbonyl (C=O) groups excluding carboxylic acids is 2. The molecule has 46 heavy (non-hydrogen) atoms. The Labute approximate surface area is 267 Å². The zero-order valence-electron chi connectivity index (χ0n) is 25.5. The maximum atomic E-state index is 13.2. The van der Waals surface area contributed by atoms with Crippen LogP contribution in [0.3, 0.4) is 0 Å². The number of hydrogen-bond acceptors (Lipinski definition) is 6. The number of aliphatic imine (C=N–C) groups is 1. The maximum absolute atomic E-state index is 13.2. The van der Waals surface area contributed by atoms with Crippen LogP contribution < -0.4 is 15.0 Å². The molecular formula is C33H31F3N6O3S. The minimum atomic E-state index is -4.76. The second-order valence-electron chi connectivity index (χ2n) is 11.6. The lowest BCUT2D eigenvalue weighted by molar-refractivity contribution is -0.274. The van der Waals surface area contributed by atoms with Crippen molar-refractivity contribution < 1.29 is 27.5 Å². The molecule has 2 unspecified atom stereocenters. The van der Waals surface area contributed by atoms with Gasteiger partial charge in [-0.1, -0.05) is 49.9 Å². The minimum Gasteiger partial charge on any atom is -0.406 e. The number of aryl methyl sites for hydroxylation is 1. The van der Waals surface area contributed by atoms with E-state index in [1.165, 1.54) is 47.0 Å². The molecule has 2 atom stereocenters. The highest BCUT2D eigenvalue weighted by molar-refractivity contribution is 8.16. The van der Waals surface area contributed by atoms with Gasteiger partial charge in [-0.3, -0.25) is 9.69 Å². The summed E-state index contributed by atoms with van der Waals surface area (Å²) in [5.74, 6) is 0.204. The van der Waals surface area contributed by atoms with Crippen LogP contribution in [0, 0.1) is 6.92 Å². The van der Waals surface area contributed by atoms with Gasteiger partial charge in [0.05, 0.1) is 16.6 Å². The van der Waals surface area contributed by atoms with E-state index in [1.54, 1.807) is 4.90 Å². The maximum Gasteiger partial charge on any atom is 0.573 e. The number of amidine groups is 1. The number of nitrogens with zero attached hydrogens (tertiary/aromatic N) is 5. The molecule has 6 rings (SSSR count). The van der Waals surface area contributed by atoms with E-state index in [9.17, 15) is 22.8 Å². The van der Waals surface area contributed by atoms with Crippen LogP contribution in [0.5, 0.6) is 5.75 Å². The van der Waals surface area contributed by atoms with Crippen molar-refractivity contribution in [1.82, 2.24) is 20.1 Å². The van der Waals surface area contributed by atoms with Crippen LogP contribution in [-0.4, -0.2) is 49.5 Å². The Morgan fingerprint density at radius 3 is 2.52 bits per heavy atom. The van der Waals surface area contributed by atoms with E-state index in [-0.39, 0.29) is 28.9 Å². The summed E-state index contributed by atoms with van der Waals surface area (Å²) in [6.07, 6.45) is -2.06. The van der Waals surface area contributed by atoms with Crippen molar-refractivity contribution in [2.75, 3.05) is 4.90 Å². The molecular weight excluding hydrogens is 617 g/mol. The van der Waals surface area contributed by atoms with Crippen molar-refractivity contribution in [3.63, 3.8) is 0 Å². The number of hydrogen-bond donors (Lipinski definition) is 1. The summed E-state index contributed by atoms with van der Waals surface area (Å²) in [7, 11) is 0. The number of rotatable bonds is 6. The van der Waals surface area contributed by atoms with Gasteiger partial charge in [0.1, 0.15) is 12.1 Å². The molecule has 3 aromatic carbocycles. The van der Waals surface area contributed by atoms with Gasteiger partial charge in [-0.2, -0.15) is 4.99 Å². The summed E-state index contributed by atoms with van der Waals surface area (Å²) in [6, 6.07) is 16.5. The number of benzene rings is 3. The molecule has 1 fully saturated rings. The molecule has 1 aliphatic heterocycles. The second kappa shape index (κ2) is 12.3. The number of anilines is 1. The number of aromatic nitrogens is 3. The number of thioether (sulfide) groups is 1. The van der Waals surface area contributed by atoms with Crippen LogP contribution in [0.15, 0.2) is 72.0 Å². The van der Waals surface area contributed by atoms with E-state index in [1.807, 2.05) is 50.2 Å². The summed E-state index contributed by atoms with van der Waals surface area (Å²) in [6.45, 7) is 7.92. The molecule has 0 spiro atoms. The zero-order valence-corrected chi connectivity index (χ0v) is 26.3. The fourth-order valence-corrected chi connectivity index (χ4v) is 6.60. The van der Waals surface area contributed by atoms with Gasteiger partial charge >= 0.3 is 12.4 Å². The molecule has 1 aliphatic carbocycles. The van der Waals surface area contributed by atoms with Gasteiger partial charge < -0.3 is 10.1 Å². The SMILES string of the molecule is Cc1ccc(C(C)C)c(N2C(=O)C(C)S/C2=N\C(=O)NC2Cc3ccc(-c4ncn(-c5ccc(OC(F)(F)F)cc5)n4)cc3C2)c1. The zero-order chi connectivity index (χ0) is 32.7. The number of carbonyl (C=O) groups is 2. The number of alkyl halides is 3. The van der Waals surface area contributed by atoms with Crippen molar-refractivity contribution in [3.8, 4) is 22.8 Å². The van der Waals surface area contributed by atoms with Crippen LogP contribution in [0.2, 0.25) is 0 Å². The van der Waals surface area contributed by atoms with E-state index >= 15 is 0 Å². The average Bonchev–Trinajstić information content (AvgIpc) is 3.69. The highest BCUT2D eigenvalue weighted by Gasteiger charge is 2.38. The normalized spacial score (nSPS) is 18.8. The Hall–Kier alpha value is -4.65. The Bertz CT molecular complexity index is 1840. The average molecular weight is 649 g/mol. The monoisotopic (exact) mass is 648 g/mol. The molecule has 3 amide bonds. The lowest BCUT2D eigenvalue weighted by atomic mass is 9.98. The molecule has 1 N–H and O–H groups in total. The first-order chi connectivity index (χ1) is 21.8. The number of halogens is 3. The first-order valence-electron chi connectivity index (χ1n) is 14.7. The van der Waals surface area contributed by atoms with Crippen molar-refractivity contribution in [2.45, 2.75) is 64.1 Å². The molecule has 4 aromatic rings. The predicted octanol–water partition coefficient (Wildman–Crippen LogP) is 6.97. The smallest absolute Gasteiger partial charge is 0.406 e. The second-order valence-corrected chi connectivity index (χ2v) is 12.9.